The third-order valence-electron chi connectivity index (χ3n) is 5.97. The van der Waals surface area contributed by atoms with E-state index in [0.29, 0.717) is 19.0 Å². The quantitative estimate of drug-likeness (QED) is 0.343. The molecule has 0 spiro atoms. The summed E-state index contributed by atoms with van der Waals surface area (Å²) < 4.78 is 28.1. The molecule has 168 valence electrons. The summed E-state index contributed by atoms with van der Waals surface area (Å²) in [7, 11) is 1.75. The number of hydrogen-bond donors (Lipinski definition) is 2. The summed E-state index contributed by atoms with van der Waals surface area (Å²) in [5, 5.41) is 6.84. The zero-order valence-electron chi connectivity index (χ0n) is 17.7. The summed E-state index contributed by atoms with van der Waals surface area (Å²) in [6.07, 6.45) is 1.95. The second-order valence-electron chi connectivity index (χ2n) is 8.04. The predicted molar refractivity (Wildman–Crippen MR) is 134 cm³/mol. The van der Waals surface area contributed by atoms with Crippen LogP contribution in [-0.4, -0.2) is 51.8 Å². The maximum absolute atomic E-state index is 14.1. The van der Waals surface area contributed by atoms with Gasteiger partial charge in [0.2, 0.25) is 0 Å². The Morgan fingerprint density at radius 1 is 0.968 bits per heavy atom. The molecule has 0 aromatic heterocycles. The lowest BCUT2D eigenvalue weighted by atomic mass is 10.1. The average molecular weight is 541 g/mol. The molecule has 0 amide bonds. The number of nitrogens with zero attached hydrogens (tertiary/aromatic N) is 3. The SMILES string of the molecule is CN=C(NCC1CCN(c2ccccc2)C1)NC1CCN(c2c(F)cccc2F)C1.I. The van der Waals surface area contributed by atoms with Gasteiger partial charge in [-0.25, -0.2) is 8.78 Å². The lowest BCUT2D eigenvalue weighted by Crippen LogP contribution is -2.46. The summed E-state index contributed by atoms with van der Waals surface area (Å²) in [6, 6.07) is 14.6. The van der Waals surface area contributed by atoms with E-state index in [4.69, 9.17) is 0 Å². The molecule has 2 saturated heterocycles. The number of aliphatic imine (C=N–C) groups is 1. The molecule has 0 aliphatic carbocycles. The van der Waals surface area contributed by atoms with Crippen LogP contribution >= 0.6 is 24.0 Å². The highest BCUT2D eigenvalue weighted by molar-refractivity contribution is 14.0. The zero-order chi connectivity index (χ0) is 20.9. The first-order valence-electron chi connectivity index (χ1n) is 10.6. The van der Waals surface area contributed by atoms with E-state index in [1.54, 1.807) is 11.9 Å². The van der Waals surface area contributed by atoms with Crippen LogP contribution in [0.5, 0.6) is 0 Å². The van der Waals surface area contributed by atoms with E-state index in [0.717, 1.165) is 38.4 Å². The molecule has 2 aliphatic rings. The van der Waals surface area contributed by atoms with Crippen LogP contribution in [-0.2, 0) is 0 Å². The maximum atomic E-state index is 14.1. The van der Waals surface area contributed by atoms with Gasteiger partial charge in [-0.3, -0.25) is 4.99 Å². The molecule has 2 aliphatic heterocycles. The Kier molecular flexibility index (Phi) is 8.34. The Morgan fingerprint density at radius 3 is 2.39 bits per heavy atom. The number of guanidine groups is 1. The van der Waals surface area contributed by atoms with Crippen LogP contribution in [0, 0.1) is 17.6 Å². The van der Waals surface area contributed by atoms with Gasteiger partial charge in [-0.2, -0.15) is 0 Å². The van der Waals surface area contributed by atoms with E-state index in [2.05, 4.69) is 44.8 Å². The summed E-state index contributed by atoms with van der Waals surface area (Å²) in [5.41, 5.74) is 1.34. The zero-order valence-corrected chi connectivity index (χ0v) is 20.1. The number of hydrogen-bond acceptors (Lipinski definition) is 3. The van der Waals surface area contributed by atoms with Crippen molar-refractivity contribution in [2.75, 3.05) is 49.6 Å². The highest BCUT2D eigenvalue weighted by Gasteiger charge is 2.28. The van der Waals surface area contributed by atoms with E-state index < -0.39 is 11.6 Å². The van der Waals surface area contributed by atoms with Crippen molar-refractivity contribution >= 4 is 41.3 Å². The van der Waals surface area contributed by atoms with Crippen LogP contribution in [0.3, 0.4) is 0 Å². The van der Waals surface area contributed by atoms with E-state index in [-0.39, 0.29) is 35.7 Å². The van der Waals surface area contributed by atoms with Gasteiger partial charge >= 0.3 is 0 Å². The van der Waals surface area contributed by atoms with Gasteiger partial charge in [0.15, 0.2) is 5.96 Å². The van der Waals surface area contributed by atoms with Gasteiger partial charge in [0.25, 0.3) is 0 Å². The summed E-state index contributed by atoms with van der Waals surface area (Å²) in [4.78, 5) is 8.52. The Hall–Kier alpha value is -2.10. The van der Waals surface area contributed by atoms with Crippen molar-refractivity contribution in [3.63, 3.8) is 0 Å². The van der Waals surface area contributed by atoms with E-state index in [1.165, 1.54) is 23.9 Å². The first-order chi connectivity index (χ1) is 14.6. The van der Waals surface area contributed by atoms with Crippen LogP contribution in [0.4, 0.5) is 20.2 Å². The van der Waals surface area contributed by atoms with E-state index in [1.807, 2.05) is 6.07 Å². The van der Waals surface area contributed by atoms with Gasteiger partial charge in [0, 0.05) is 51.5 Å². The molecule has 2 heterocycles. The fourth-order valence-corrected chi connectivity index (χ4v) is 4.37. The molecule has 0 saturated carbocycles. The molecule has 31 heavy (non-hydrogen) atoms. The Morgan fingerprint density at radius 2 is 1.68 bits per heavy atom. The maximum Gasteiger partial charge on any atom is 0.191 e. The highest BCUT2D eigenvalue weighted by atomic mass is 127. The number of benzene rings is 2. The van der Waals surface area contributed by atoms with Crippen LogP contribution in [0.1, 0.15) is 12.8 Å². The molecule has 5 nitrogen and oxygen atoms in total. The summed E-state index contributed by atoms with van der Waals surface area (Å²) in [5.74, 6) is 0.273. The molecule has 0 bridgehead atoms. The van der Waals surface area contributed by atoms with Crippen molar-refractivity contribution in [2.45, 2.75) is 18.9 Å². The molecular formula is C23H30F2IN5. The minimum atomic E-state index is -0.512. The van der Waals surface area contributed by atoms with Crippen LogP contribution in [0.2, 0.25) is 0 Å². The largest absolute Gasteiger partial charge is 0.371 e. The summed E-state index contributed by atoms with van der Waals surface area (Å²) in [6.45, 7) is 4.10. The lowest BCUT2D eigenvalue weighted by molar-refractivity contribution is 0.556. The fraction of sp³-hybridized carbons (Fsp3) is 0.435. The first-order valence-corrected chi connectivity index (χ1v) is 10.6. The van der Waals surface area contributed by atoms with Gasteiger partial charge in [-0.1, -0.05) is 24.3 Å². The van der Waals surface area contributed by atoms with E-state index >= 15 is 0 Å². The number of nitrogens with one attached hydrogen (secondary N) is 2. The van der Waals surface area contributed by atoms with Crippen LogP contribution < -0.4 is 20.4 Å². The number of rotatable bonds is 5. The molecule has 2 unspecified atom stereocenters. The number of anilines is 2. The van der Waals surface area contributed by atoms with Gasteiger partial charge in [-0.05, 0) is 43.0 Å². The molecule has 2 fully saturated rings. The third kappa shape index (κ3) is 5.78. The minimum absolute atomic E-state index is 0. The molecule has 2 atom stereocenters. The van der Waals surface area contributed by atoms with Crippen molar-refractivity contribution in [1.29, 1.82) is 0 Å². The Balaban J connectivity index is 0.00000272. The van der Waals surface area contributed by atoms with Crippen LogP contribution in [0.15, 0.2) is 53.5 Å². The lowest BCUT2D eigenvalue weighted by Gasteiger charge is -2.22. The van der Waals surface area contributed by atoms with Crippen molar-refractivity contribution in [1.82, 2.24) is 10.6 Å². The molecule has 2 N–H and O–H groups in total. The molecule has 0 radical (unpaired) electrons. The summed E-state index contributed by atoms with van der Waals surface area (Å²) >= 11 is 0. The molecule has 2 aromatic rings. The number of para-hydroxylation sites is 2. The van der Waals surface area contributed by atoms with Crippen molar-refractivity contribution in [2.24, 2.45) is 10.9 Å². The monoisotopic (exact) mass is 541 g/mol. The Labute approximate surface area is 199 Å². The molecule has 8 heteroatoms. The van der Waals surface area contributed by atoms with E-state index in [9.17, 15) is 8.78 Å². The average Bonchev–Trinajstić information content (AvgIpc) is 3.41. The highest BCUT2D eigenvalue weighted by Crippen LogP contribution is 2.27. The Bertz CT molecular complexity index is 859. The van der Waals surface area contributed by atoms with Crippen molar-refractivity contribution < 1.29 is 8.78 Å². The second-order valence-corrected chi connectivity index (χ2v) is 8.04. The normalized spacial score (nSPS) is 21.2. The van der Waals surface area contributed by atoms with Crippen molar-refractivity contribution in [3.8, 4) is 0 Å². The minimum Gasteiger partial charge on any atom is -0.371 e. The standard InChI is InChI=1S/C23H29F2N5.HI/c1-26-23(27-14-17-10-12-29(15-17)19-6-3-2-4-7-19)28-18-11-13-30(16-18)22-20(24)8-5-9-21(22)25;/h2-9,17-18H,10-16H2,1H3,(H2,26,27,28);1H. The second kappa shape index (κ2) is 11.0. The molecule has 4 rings (SSSR count). The third-order valence-corrected chi connectivity index (χ3v) is 5.97. The fourth-order valence-electron chi connectivity index (χ4n) is 4.37. The topological polar surface area (TPSA) is 42.9 Å². The molecule has 2 aromatic carbocycles. The van der Waals surface area contributed by atoms with Gasteiger partial charge < -0.3 is 20.4 Å². The van der Waals surface area contributed by atoms with Gasteiger partial charge in [0.05, 0.1) is 0 Å². The first kappa shape index (κ1) is 23.6. The van der Waals surface area contributed by atoms with Gasteiger partial charge in [0.1, 0.15) is 17.3 Å². The van der Waals surface area contributed by atoms with Crippen molar-refractivity contribution in [3.05, 3.63) is 60.2 Å². The number of halogens is 3. The predicted octanol–water partition coefficient (Wildman–Crippen LogP) is 3.85. The van der Waals surface area contributed by atoms with Crippen LogP contribution in [0.25, 0.3) is 0 Å². The molecular weight excluding hydrogens is 511 g/mol. The smallest absolute Gasteiger partial charge is 0.191 e. The van der Waals surface area contributed by atoms with Gasteiger partial charge in [-0.15, -0.1) is 24.0 Å².